The Balaban J connectivity index is 0. The summed E-state index contributed by atoms with van der Waals surface area (Å²) in [5, 5.41) is 0.424. The van der Waals surface area contributed by atoms with E-state index >= 15 is 0 Å². The minimum atomic E-state index is -0.525. The number of rotatable bonds is 6. The van der Waals surface area contributed by atoms with E-state index in [4.69, 9.17) is 58.0 Å². The summed E-state index contributed by atoms with van der Waals surface area (Å²) in [6.07, 6.45) is 0. The molecular formula is C12H20Cl5NO. The number of hydrogen-bond donors (Lipinski definition) is 0. The molecule has 0 saturated carbocycles. The standard InChI is InChI=1S/C6H10Cl3N.C6H10Cl2O/c1-3-10(4-2)6(9)5(7)8;1-5(9)6(2,3-7)4-8/h3-4H2,1-2H3;3-4H2,1-2H3. The van der Waals surface area contributed by atoms with Crippen molar-refractivity contribution in [2.24, 2.45) is 5.41 Å². The highest BCUT2D eigenvalue weighted by Crippen LogP contribution is 2.21. The van der Waals surface area contributed by atoms with E-state index in [0.29, 0.717) is 16.9 Å². The van der Waals surface area contributed by atoms with Crippen LogP contribution in [0.4, 0.5) is 0 Å². The SMILES string of the molecule is CC(=O)C(C)(CCl)CCl.CCN(CC)C(Cl)=C(Cl)Cl. The molecule has 0 aliphatic carbocycles. The van der Waals surface area contributed by atoms with Gasteiger partial charge in [0.2, 0.25) is 0 Å². The third kappa shape index (κ3) is 8.52. The van der Waals surface area contributed by atoms with Crippen molar-refractivity contribution >= 4 is 63.8 Å². The van der Waals surface area contributed by atoms with E-state index in [1.807, 2.05) is 18.7 Å². The summed E-state index contributed by atoms with van der Waals surface area (Å²) >= 11 is 27.6. The van der Waals surface area contributed by atoms with Crippen LogP contribution in [0.2, 0.25) is 0 Å². The fraction of sp³-hybridized carbons (Fsp3) is 0.750. The quantitative estimate of drug-likeness (QED) is 0.471. The summed E-state index contributed by atoms with van der Waals surface area (Å²) in [4.78, 5) is 12.6. The van der Waals surface area contributed by atoms with Gasteiger partial charge in [0.05, 0.1) is 5.41 Å². The molecule has 2 nitrogen and oxygen atoms in total. The molecule has 0 aliphatic rings. The summed E-state index contributed by atoms with van der Waals surface area (Å²) in [6, 6.07) is 0. The molecule has 0 rings (SSSR count). The lowest BCUT2D eigenvalue weighted by molar-refractivity contribution is -0.123. The smallest absolute Gasteiger partial charge is 0.141 e. The Bertz CT molecular complexity index is 294. The lowest BCUT2D eigenvalue weighted by atomic mass is 9.91. The van der Waals surface area contributed by atoms with Gasteiger partial charge in [-0.25, -0.2) is 0 Å². The van der Waals surface area contributed by atoms with Crippen LogP contribution in [-0.4, -0.2) is 35.5 Å². The fourth-order valence-electron chi connectivity index (χ4n) is 0.845. The predicted octanol–water partition coefficient (Wildman–Crippen LogP) is 5.23. The van der Waals surface area contributed by atoms with E-state index in [1.54, 1.807) is 6.92 Å². The van der Waals surface area contributed by atoms with Gasteiger partial charge >= 0.3 is 0 Å². The lowest BCUT2D eigenvalue weighted by Crippen LogP contribution is -2.29. The number of carbonyl (C=O) groups excluding carboxylic acids is 1. The maximum Gasteiger partial charge on any atom is 0.141 e. The molecule has 0 N–H and O–H groups in total. The summed E-state index contributed by atoms with van der Waals surface area (Å²) in [7, 11) is 0. The highest BCUT2D eigenvalue weighted by molar-refractivity contribution is 6.59. The Labute approximate surface area is 141 Å². The first-order chi connectivity index (χ1) is 8.69. The van der Waals surface area contributed by atoms with Crippen LogP contribution in [0.3, 0.4) is 0 Å². The number of ketones is 1. The first kappa shape index (κ1) is 21.9. The average Bonchev–Trinajstić information content (AvgIpc) is 2.39. The van der Waals surface area contributed by atoms with E-state index in [2.05, 4.69) is 0 Å². The molecule has 0 spiro atoms. The van der Waals surface area contributed by atoms with E-state index in [-0.39, 0.29) is 10.3 Å². The van der Waals surface area contributed by atoms with E-state index in [0.717, 1.165) is 13.1 Å². The summed E-state index contributed by atoms with van der Waals surface area (Å²) in [6.45, 7) is 8.88. The molecule has 0 aromatic heterocycles. The van der Waals surface area contributed by atoms with Gasteiger partial charge in [0.15, 0.2) is 0 Å². The van der Waals surface area contributed by atoms with Gasteiger partial charge in [-0.15, -0.1) is 23.2 Å². The minimum absolute atomic E-state index is 0.0486. The van der Waals surface area contributed by atoms with Gasteiger partial charge < -0.3 is 4.90 Å². The Kier molecular flexibility index (Phi) is 13.1. The minimum Gasteiger partial charge on any atom is -0.361 e. The molecule has 0 bridgehead atoms. The van der Waals surface area contributed by atoms with Crippen molar-refractivity contribution in [1.82, 2.24) is 4.90 Å². The largest absolute Gasteiger partial charge is 0.361 e. The molecule has 0 saturated heterocycles. The Morgan fingerprint density at radius 3 is 1.47 bits per heavy atom. The van der Waals surface area contributed by atoms with Crippen LogP contribution in [0.15, 0.2) is 9.65 Å². The normalized spacial score (nSPS) is 10.4. The second kappa shape index (κ2) is 11.3. The number of nitrogens with zero attached hydrogens (tertiary/aromatic N) is 1. The highest BCUT2D eigenvalue weighted by atomic mass is 35.5. The van der Waals surface area contributed by atoms with E-state index < -0.39 is 5.41 Å². The number of Topliss-reactive ketones (excluding diaryl/α,β-unsaturated/α-hetero) is 1. The highest BCUT2D eigenvalue weighted by Gasteiger charge is 2.27. The van der Waals surface area contributed by atoms with Crippen molar-refractivity contribution in [3.63, 3.8) is 0 Å². The molecule has 0 amide bonds. The molecule has 114 valence electrons. The van der Waals surface area contributed by atoms with Gasteiger partial charge in [0.1, 0.15) is 15.4 Å². The Morgan fingerprint density at radius 2 is 1.42 bits per heavy atom. The van der Waals surface area contributed by atoms with Crippen LogP contribution in [0.25, 0.3) is 0 Å². The van der Waals surface area contributed by atoms with Crippen LogP contribution < -0.4 is 0 Å². The van der Waals surface area contributed by atoms with Gasteiger partial charge in [-0.05, 0) is 20.8 Å². The van der Waals surface area contributed by atoms with Crippen LogP contribution in [0, 0.1) is 5.41 Å². The summed E-state index contributed by atoms with van der Waals surface area (Å²) < 4.78 is 0.130. The summed E-state index contributed by atoms with van der Waals surface area (Å²) in [5.41, 5.74) is -0.525. The predicted molar refractivity (Wildman–Crippen MR) is 87.7 cm³/mol. The van der Waals surface area contributed by atoms with Gasteiger partial charge in [-0.2, -0.15) is 0 Å². The number of carbonyl (C=O) groups is 1. The lowest BCUT2D eigenvalue weighted by Gasteiger charge is -2.19. The average molecular weight is 372 g/mol. The molecule has 0 unspecified atom stereocenters. The van der Waals surface area contributed by atoms with Gasteiger partial charge in [-0.1, -0.05) is 41.7 Å². The summed E-state index contributed by atoms with van der Waals surface area (Å²) in [5.74, 6) is 0.644. The second-order valence-corrected chi connectivity index (χ2v) is 5.95. The molecule has 0 aromatic rings. The molecule has 0 aromatic carbocycles. The van der Waals surface area contributed by atoms with Gasteiger partial charge in [-0.3, -0.25) is 4.79 Å². The van der Waals surface area contributed by atoms with Gasteiger partial charge in [0, 0.05) is 24.8 Å². The number of alkyl halides is 2. The van der Waals surface area contributed by atoms with Crippen molar-refractivity contribution in [2.45, 2.75) is 27.7 Å². The first-order valence-electron chi connectivity index (χ1n) is 5.78. The molecule has 7 heteroatoms. The monoisotopic (exact) mass is 369 g/mol. The molecular weight excluding hydrogens is 351 g/mol. The van der Waals surface area contributed by atoms with Crippen molar-refractivity contribution < 1.29 is 4.79 Å². The zero-order valence-corrected chi connectivity index (χ0v) is 15.4. The molecule has 0 heterocycles. The van der Waals surface area contributed by atoms with Gasteiger partial charge in [0.25, 0.3) is 0 Å². The van der Waals surface area contributed by atoms with Crippen LogP contribution in [-0.2, 0) is 4.79 Å². The number of hydrogen-bond acceptors (Lipinski definition) is 2. The molecule has 19 heavy (non-hydrogen) atoms. The van der Waals surface area contributed by atoms with Crippen molar-refractivity contribution in [1.29, 1.82) is 0 Å². The Morgan fingerprint density at radius 1 is 1.05 bits per heavy atom. The molecule has 0 aliphatic heterocycles. The maximum absolute atomic E-state index is 10.8. The first-order valence-corrected chi connectivity index (χ1v) is 7.99. The zero-order valence-electron chi connectivity index (χ0n) is 11.6. The Hall–Kier alpha value is 0.660. The third-order valence-corrected chi connectivity index (χ3v) is 4.80. The second-order valence-electron chi connectivity index (χ2n) is 4.11. The van der Waals surface area contributed by atoms with E-state index in [1.165, 1.54) is 6.92 Å². The maximum atomic E-state index is 10.8. The third-order valence-electron chi connectivity index (χ3n) is 2.64. The molecule has 0 radical (unpaired) electrons. The molecule has 0 fully saturated rings. The van der Waals surface area contributed by atoms with Crippen molar-refractivity contribution in [2.75, 3.05) is 24.8 Å². The van der Waals surface area contributed by atoms with Crippen LogP contribution in [0.5, 0.6) is 0 Å². The van der Waals surface area contributed by atoms with Crippen molar-refractivity contribution in [3.8, 4) is 0 Å². The zero-order chi connectivity index (χ0) is 15.6. The van der Waals surface area contributed by atoms with E-state index in [9.17, 15) is 4.79 Å². The molecule has 0 atom stereocenters. The number of halogens is 5. The van der Waals surface area contributed by atoms with Crippen LogP contribution in [0.1, 0.15) is 27.7 Å². The topological polar surface area (TPSA) is 20.3 Å². The van der Waals surface area contributed by atoms with Crippen LogP contribution >= 0.6 is 58.0 Å². The van der Waals surface area contributed by atoms with Crippen molar-refractivity contribution in [3.05, 3.63) is 9.65 Å². The fourth-order valence-corrected chi connectivity index (χ4v) is 1.98.